The molecular weight excluding hydrogens is 272 g/mol. The lowest BCUT2D eigenvalue weighted by Crippen LogP contribution is -2.14. The van der Waals surface area contributed by atoms with E-state index >= 15 is 0 Å². The van der Waals surface area contributed by atoms with Crippen molar-refractivity contribution in [2.45, 2.75) is 6.73 Å². The van der Waals surface area contributed by atoms with E-state index in [0.29, 0.717) is 0 Å². The van der Waals surface area contributed by atoms with E-state index in [4.69, 9.17) is 22.0 Å². The van der Waals surface area contributed by atoms with Crippen molar-refractivity contribution in [3.8, 4) is 23.5 Å². The molecule has 0 spiro atoms. The van der Waals surface area contributed by atoms with Crippen LogP contribution in [0.2, 0.25) is 0 Å². The monoisotopic (exact) mass is 286 g/mol. The molecule has 0 saturated heterocycles. The first-order valence-electron chi connectivity index (χ1n) is 6.16. The number of primary amides is 1. The number of carbonyl (C=O) groups is 1. The van der Waals surface area contributed by atoms with E-state index in [2.05, 4.69) is 40.3 Å². The first kappa shape index (κ1) is 14.7. The van der Waals surface area contributed by atoms with Crippen LogP contribution in [0.5, 0.6) is 0 Å². The Balaban J connectivity index is 0.000000218. The molecule has 1 aromatic heterocycles. The number of nitrogens with two attached hydrogens (primary N) is 1. The molecule has 0 radical (unpaired) electrons. The zero-order valence-corrected chi connectivity index (χ0v) is 11.2. The van der Waals surface area contributed by atoms with Crippen LogP contribution in [-0.4, -0.2) is 39.0 Å². The number of hydrogen-bond acceptors (Lipinski definition) is 5. The van der Waals surface area contributed by atoms with E-state index < -0.39 is 5.91 Å². The predicted molar refractivity (Wildman–Crippen MR) is 74.9 cm³/mol. The number of ether oxygens (including phenoxy) is 1. The number of aliphatic hydroxyl groups excluding tert-OH is 1. The molecule has 2 aliphatic rings. The topological polar surface area (TPSA) is 103 Å². The zero-order chi connectivity index (χ0) is 15.2. The highest BCUT2D eigenvalue weighted by atomic mass is 16.5. The summed E-state index contributed by atoms with van der Waals surface area (Å²) in [5, 5.41) is 12.2. The molecule has 3 rings (SSSR count). The normalized spacial score (nSPS) is 10.3. The minimum atomic E-state index is -0.757. The van der Waals surface area contributed by atoms with Gasteiger partial charge in [0.1, 0.15) is 6.73 Å². The Hall–Kier alpha value is -2.69. The lowest BCUT2D eigenvalue weighted by atomic mass is 10.6. The molecule has 21 heavy (non-hydrogen) atoms. The van der Waals surface area contributed by atoms with Crippen LogP contribution in [0.15, 0.2) is 24.3 Å². The maximum Gasteiger partial charge on any atom is 0.288 e. The summed E-state index contributed by atoms with van der Waals surface area (Å²) in [6.07, 6.45) is 5.14. The van der Waals surface area contributed by atoms with Gasteiger partial charge in [0.05, 0.1) is 13.2 Å². The first-order chi connectivity index (χ1) is 10.2. The van der Waals surface area contributed by atoms with Gasteiger partial charge in [0.25, 0.3) is 5.91 Å². The van der Waals surface area contributed by atoms with Gasteiger partial charge in [-0.1, -0.05) is 18.2 Å². The molecule has 0 saturated carbocycles. The smallest absolute Gasteiger partial charge is 0.288 e. The van der Waals surface area contributed by atoms with Crippen LogP contribution in [0.3, 0.4) is 0 Å². The van der Waals surface area contributed by atoms with Gasteiger partial charge in [0, 0.05) is 0 Å². The summed E-state index contributed by atoms with van der Waals surface area (Å²) >= 11 is 0. The largest absolute Gasteiger partial charge is 0.394 e. The molecular formula is C14H14N4O3. The van der Waals surface area contributed by atoms with Crippen molar-refractivity contribution < 1.29 is 14.6 Å². The zero-order valence-electron chi connectivity index (χ0n) is 11.2. The van der Waals surface area contributed by atoms with Gasteiger partial charge in [-0.05, 0) is 23.1 Å². The highest BCUT2D eigenvalue weighted by Crippen LogP contribution is 2.32. The van der Waals surface area contributed by atoms with Crippen LogP contribution in [-0.2, 0) is 11.5 Å². The average Bonchev–Trinajstić information content (AvgIpc) is 2.90. The van der Waals surface area contributed by atoms with Crippen molar-refractivity contribution in [2.75, 3.05) is 13.2 Å². The summed E-state index contributed by atoms with van der Waals surface area (Å²) in [7, 11) is 0. The number of benzene rings is 1. The second-order valence-electron chi connectivity index (χ2n) is 4.11. The Bertz CT molecular complexity index is 671. The molecule has 0 aliphatic heterocycles. The second-order valence-corrected chi connectivity index (χ2v) is 4.11. The number of fused-ring (bicyclic) bond motifs is 1. The van der Waals surface area contributed by atoms with Crippen LogP contribution in [0.1, 0.15) is 16.4 Å². The van der Waals surface area contributed by atoms with Gasteiger partial charge < -0.3 is 15.6 Å². The third-order valence-electron chi connectivity index (χ3n) is 2.58. The number of aliphatic hydroxyl groups is 1. The van der Waals surface area contributed by atoms with Crippen molar-refractivity contribution in [2.24, 2.45) is 5.73 Å². The number of amides is 1. The molecule has 0 bridgehead atoms. The van der Waals surface area contributed by atoms with Gasteiger partial charge >= 0.3 is 0 Å². The van der Waals surface area contributed by atoms with Gasteiger partial charge in [-0.2, -0.15) is 4.98 Å². The third-order valence-corrected chi connectivity index (χ3v) is 2.58. The summed E-state index contributed by atoms with van der Waals surface area (Å²) in [5.74, 6) is 1.48. The van der Waals surface area contributed by atoms with E-state index in [1.165, 1.54) is 15.8 Å². The summed E-state index contributed by atoms with van der Waals surface area (Å²) in [4.78, 5) is 14.5. The number of hydrogen-bond donors (Lipinski definition) is 2. The van der Waals surface area contributed by atoms with Gasteiger partial charge in [0.2, 0.25) is 11.6 Å². The van der Waals surface area contributed by atoms with E-state index in [-0.39, 0.29) is 31.6 Å². The van der Waals surface area contributed by atoms with Crippen LogP contribution < -0.4 is 5.73 Å². The van der Waals surface area contributed by atoms with E-state index in [1.54, 1.807) is 0 Å². The van der Waals surface area contributed by atoms with Crippen molar-refractivity contribution in [3.63, 3.8) is 0 Å². The van der Waals surface area contributed by atoms with Gasteiger partial charge in [0.15, 0.2) is 0 Å². The Morgan fingerprint density at radius 3 is 2.62 bits per heavy atom. The average molecular weight is 286 g/mol. The fraction of sp³-hybridized carbons (Fsp3) is 0.214. The molecule has 0 unspecified atom stereocenters. The number of rotatable bonds is 5. The number of aromatic nitrogens is 3. The highest BCUT2D eigenvalue weighted by molar-refractivity contribution is 5.88. The molecule has 1 amide bonds. The second kappa shape index (κ2) is 6.65. The van der Waals surface area contributed by atoms with Crippen molar-refractivity contribution in [1.29, 1.82) is 0 Å². The standard InChI is InChI=1S/C8H10N4O3.C6H4/c1-2-6-10-8(7(9)14)11-12(6)5-15-4-3-13;1-2-5-4-6(5)3-1/h1,13H,3-5H2,(H2,9,14);1-4H. The Morgan fingerprint density at radius 1 is 1.48 bits per heavy atom. The van der Waals surface area contributed by atoms with E-state index in [1.807, 2.05) is 0 Å². The number of terminal acetylenes is 1. The maximum absolute atomic E-state index is 10.7. The molecule has 1 heterocycles. The predicted octanol–water partition coefficient (Wildman–Crippen LogP) is -0.00830. The fourth-order valence-electron chi connectivity index (χ4n) is 1.53. The Morgan fingerprint density at radius 2 is 2.19 bits per heavy atom. The number of nitrogens with zero attached hydrogens (tertiary/aromatic N) is 3. The number of carbonyl (C=O) groups excluding carboxylic acids is 1. The fourth-order valence-corrected chi connectivity index (χ4v) is 1.53. The quantitative estimate of drug-likeness (QED) is 0.507. The van der Waals surface area contributed by atoms with E-state index in [9.17, 15) is 4.79 Å². The molecule has 0 fully saturated rings. The Kier molecular flexibility index (Phi) is 4.66. The van der Waals surface area contributed by atoms with E-state index in [0.717, 1.165) is 0 Å². The van der Waals surface area contributed by atoms with Crippen LogP contribution in [0, 0.1) is 12.3 Å². The molecule has 2 aliphatic carbocycles. The summed E-state index contributed by atoms with van der Waals surface area (Å²) in [6, 6.07) is 8.48. The molecule has 0 aromatic carbocycles. The van der Waals surface area contributed by atoms with Crippen LogP contribution in [0.25, 0.3) is 11.1 Å². The van der Waals surface area contributed by atoms with Gasteiger partial charge in [-0.15, -0.1) is 11.5 Å². The molecule has 108 valence electrons. The van der Waals surface area contributed by atoms with Gasteiger partial charge in [-0.25, -0.2) is 4.68 Å². The van der Waals surface area contributed by atoms with Crippen molar-refractivity contribution >= 4 is 5.91 Å². The van der Waals surface area contributed by atoms with Crippen molar-refractivity contribution in [3.05, 3.63) is 35.9 Å². The molecule has 3 N–H and O–H groups in total. The summed E-state index contributed by atoms with van der Waals surface area (Å²) < 4.78 is 6.19. The first-order valence-corrected chi connectivity index (χ1v) is 6.16. The minimum absolute atomic E-state index is 0.0143. The summed E-state index contributed by atoms with van der Waals surface area (Å²) in [6.45, 7) is 0.0545. The highest BCUT2D eigenvalue weighted by Gasteiger charge is 2.11. The lowest BCUT2D eigenvalue weighted by molar-refractivity contribution is 0.0411. The third kappa shape index (κ3) is 3.89. The summed E-state index contributed by atoms with van der Waals surface area (Å²) in [5.41, 5.74) is 7.83. The molecule has 1 aromatic rings. The van der Waals surface area contributed by atoms with Gasteiger partial charge in [-0.3, -0.25) is 4.79 Å². The molecule has 0 atom stereocenters. The van der Waals surface area contributed by atoms with Crippen LogP contribution >= 0.6 is 0 Å². The lowest BCUT2D eigenvalue weighted by Gasteiger charge is -2.01. The maximum atomic E-state index is 10.7. The van der Waals surface area contributed by atoms with Crippen LogP contribution in [0.4, 0.5) is 0 Å². The van der Waals surface area contributed by atoms with Crippen molar-refractivity contribution in [1.82, 2.24) is 14.8 Å². The molecule has 7 nitrogen and oxygen atoms in total. The minimum Gasteiger partial charge on any atom is -0.394 e. The SMILES string of the molecule is C#Cc1nc(C(N)=O)nn1COCCO.c1cc2cc-2c1. The Labute approximate surface area is 121 Å². The molecule has 7 heteroatoms.